The lowest BCUT2D eigenvalue weighted by molar-refractivity contribution is 0.0942. The van der Waals surface area contributed by atoms with Crippen LogP contribution >= 0.6 is 0 Å². The molecule has 0 fully saturated rings. The minimum absolute atomic E-state index is 0.258. The zero-order chi connectivity index (χ0) is 16.4. The molecule has 1 amide bonds. The Labute approximate surface area is 138 Å². The summed E-state index contributed by atoms with van der Waals surface area (Å²) < 4.78 is 5.26. The number of carbonyl (C=O) groups is 1. The second-order valence-corrected chi connectivity index (χ2v) is 5.48. The SMILES string of the molecule is O=C(NCc1c[nH]c2ccccc12)c1cc(-c2ccccc2)on1. The highest BCUT2D eigenvalue weighted by Crippen LogP contribution is 2.20. The van der Waals surface area contributed by atoms with Crippen LogP contribution < -0.4 is 5.32 Å². The first kappa shape index (κ1) is 14.3. The number of aromatic amines is 1. The van der Waals surface area contributed by atoms with Crippen LogP contribution in [0.15, 0.2) is 71.4 Å². The van der Waals surface area contributed by atoms with Gasteiger partial charge in [0.05, 0.1) is 0 Å². The first-order chi connectivity index (χ1) is 11.8. The number of aromatic nitrogens is 2. The summed E-state index contributed by atoms with van der Waals surface area (Å²) in [5.41, 5.74) is 3.25. The smallest absolute Gasteiger partial charge is 0.273 e. The van der Waals surface area contributed by atoms with Crippen LogP contribution in [0.2, 0.25) is 0 Å². The molecule has 0 atom stereocenters. The van der Waals surface area contributed by atoms with E-state index in [1.54, 1.807) is 6.07 Å². The molecule has 4 rings (SSSR count). The third kappa shape index (κ3) is 2.67. The van der Waals surface area contributed by atoms with E-state index in [2.05, 4.69) is 15.5 Å². The summed E-state index contributed by atoms with van der Waals surface area (Å²) in [6.07, 6.45) is 1.91. The fourth-order valence-corrected chi connectivity index (χ4v) is 2.66. The number of amides is 1. The Morgan fingerprint density at radius 3 is 2.75 bits per heavy atom. The van der Waals surface area contributed by atoms with E-state index in [0.717, 1.165) is 22.0 Å². The molecule has 4 aromatic rings. The molecule has 0 unspecified atom stereocenters. The van der Waals surface area contributed by atoms with Gasteiger partial charge in [0, 0.05) is 35.3 Å². The Morgan fingerprint density at radius 2 is 1.88 bits per heavy atom. The average molecular weight is 317 g/mol. The minimum atomic E-state index is -0.258. The number of H-pyrrole nitrogens is 1. The van der Waals surface area contributed by atoms with Gasteiger partial charge < -0.3 is 14.8 Å². The van der Waals surface area contributed by atoms with Crippen LogP contribution in [0.4, 0.5) is 0 Å². The van der Waals surface area contributed by atoms with E-state index in [1.165, 1.54) is 0 Å². The second-order valence-electron chi connectivity index (χ2n) is 5.48. The lowest BCUT2D eigenvalue weighted by Crippen LogP contribution is -2.22. The number of fused-ring (bicyclic) bond motifs is 1. The minimum Gasteiger partial charge on any atom is -0.361 e. The average Bonchev–Trinajstić information content (AvgIpc) is 3.28. The summed E-state index contributed by atoms with van der Waals surface area (Å²) in [5.74, 6) is 0.319. The van der Waals surface area contributed by atoms with Crippen molar-refractivity contribution in [1.29, 1.82) is 0 Å². The molecule has 0 saturated carbocycles. The van der Waals surface area contributed by atoms with Crippen molar-refractivity contribution in [2.24, 2.45) is 0 Å². The molecule has 118 valence electrons. The lowest BCUT2D eigenvalue weighted by Gasteiger charge is -2.01. The maximum atomic E-state index is 12.3. The summed E-state index contributed by atoms with van der Waals surface area (Å²) in [4.78, 5) is 15.5. The maximum Gasteiger partial charge on any atom is 0.273 e. The molecular weight excluding hydrogens is 302 g/mol. The number of benzene rings is 2. The summed E-state index contributed by atoms with van der Waals surface area (Å²) in [7, 11) is 0. The van der Waals surface area contributed by atoms with Crippen LogP contribution in [0, 0.1) is 0 Å². The Bertz CT molecular complexity index is 986. The van der Waals surface area contributed by atoms with Crippen LogP contribution in [-0.4, -0.2) is 16.0 Å². The van der Waals surface area contributed by atoms with Crippen LogP contribution in [-0.2, 0) is 6.54 Å². The molecule has 0 aliphatic carbocycles. The topological polar surface area (TPSA) is 70.9 Å². The highest BCUT2D eigenvalue weighted by molar-refractivity contribution is 5.93. The number of hydrogen-bond donors (Lipinski definition) is 2. The standard InChI is InChI=1S/C19H15N3O2/c23-19(17-10-18(24-22-17)13-6-2-1-3-7-13)21-12-14-11-20-16-9-5-4-8-15(14)16/h1-11,20H,12H2,(H,21,23). The molecule has 2 aromatic heterocycles. The third-order valence-corrected chi connectivity index (χ3v) is 3.92. The Morgan fingerprint density at radius 1 is 1.08 bits per heavy atom. The molecular formula is C19H15N3O2. The van der Waals surface area contributed by atoms with E-state index in [9.17, 15) is 4.79 Å². The van der Waals surface area contributed by atoms with Crippen molar-refractivity contribution in [3.05, 3.63) is 78.1 Å². The van der Waals surface area contributed by atoms with Gasteiger partial charge in [-0.1, -0.05) is 53.7 Å². The van der Waals surface area contributed by atoms with Crippen molar-refractivity contribution in [2.45, 2.75) is 6.54 Å². The maximum absolute atomic E-state index is 12.3. The van der Waals surface area contributed by atoms with E-state index in [1.807, 2.05) is 60.8 Å². The van der Waals surface area contributed by atoms with Crippen molar-refractivity contribution in [1.82, 2.24) is 15.5 Å². The summed E-state index contributed by atoms with van der Waals surface area (Å²) >= 11 is 0. The first-order valence-electron chi connectivity index (χ1n) is 7.66. The van der Waals surface area contributed by atoms with Gasteiger partial charge in [-0.05, 0) is 11.6 Å². The Kier molecular flexibility index (Phi) is 3.59. The van der Waals surface area contributed by atoms with E-state index >= 15 is 0 Å². The van der Waals surface area contributed by atoms with Gasteiger partial charge >= 0.3 is 0 Å². The van der Waals surface area contributed by atoms with E-state index in [0.29, 0.717) is 12.3 Å². The molecule has 24 heavy (non-hydrogen) atoms. The van der Waals surface area contributed by atoms with Crippen LogP contribution in [0.1, 0.15) is 16.1 Å². The van der Waals surface area contributed by atoms with Crippen LogP contribution in [0.5, 0.6) is 0 Å². The molecule has 2 aromatic carbocycles. The lowest BCUT2D eigenvalue weighted by atomic mass is 10.1. The predicted molar refractivity (Wildman–Crippen MR) is 91.4 cm³/mol. The normalized spacial score (nSPS) is 10.8. The number of nitrogens with one attached hydrogen (secondary N) is 2. The van der Waals surface area contributed by atoms with Gasteiger partial charge in [0.25, 0.3) is 5.91 Å². The fraction of sp³-hybridized carbons (Fsp3) is 0.0526. The van der Waals surface area contributed by atoms with Gasteiger partial charge in [-0.2, -0.15) is 0 Å². The number of nitrogens with zero attached hydrogens (tertiary/aromatic N) is 1. The molecule has 2 N–H and O–H groups in total. The molecule has 0 saturated heterocycles. The van der Waals surface area contributed by atoms with E-state index in [4.69, 9.17) is 4.52 Å². The van der Waals surface area contributed by atoms with Crippen LogP contribution in [0.25, 0.3) is 22.2 Å². The van der Waals surface area contributed by atoms with Crippen LogP contribution in [0.3, 0.4) is 0 Å². The summed E-state index contributed by atoms with van der Waals surface area (Å²) in [5, 5.41) is 7.84. The zero-order valence-electron chi connectivity index (χ0n) is 12.8. The highest BCUT2D eigenvalue weighted by atomic mass is 16.5. The number of para-hydroxylation sites is 1. The second kappa shape index (κ2) is 6.04. The fourth-order valence-electron chi connectivity index (χ4n) is 2.66. The van der Waals surface area contributed by atoms with Crippen molar-refractivity contribution < 1.29 is 9.32 Å². The largest absolute Gasteiger partial charge is 0.361 e. The third-order valence-electron chi connectivity index (χ3n) is 3.92. The molecule has 0 bridgehead atoms. The van der Waals surface area contributed by atoms with Gasteiger partial charge in [0.1, 0.15) is 0 Å². The number of rotatable bonds is 4. The van der Waals surface area contributed by atoms with Gasteiger partial charge in [0.2, 0.25) is 0 Å². The quantitative estimate of drug-likeness (QED) is 0.602. The molecule has 5 heteroatoms. The summed E-state index contributed by atoms with van der Waals surface area (Å²) in [6.45, 7) is 0.427. The van der Waals surface area contributed by atoms with Crippen molar-refractivity contribution >= 4 is 16.8 Å². The molecule has 0 aliphatic rings. The zero-order valence-corrected chi connectivity index (χ0v) is 12.8. The molecule has 0 spiro atoms. The summed E-state index contributed by atoms with van der Waals surface area (Å²) in [6, 6.07) is 19.2. The van der Waals surface area contributed by atoms with Gasteiger partial charge in [0.15, 0.2) is 11.5 Å². The van der Waals surface area contributed by atoms with Crippen molar-refractivity contribution in [2.75, 3.05) is 0 Å². The Hall–Kier alpha value is -3.34. The van der Waals surface area contributed by atoms with Gasteiger partial charge in [-0.25, -0.2) is 0 Å². The predicted octanol–water partition coefficient (Wildman–Crippen LogP) is 3.75. The monoisotopic (exact) mass is 317 g/mol. The van der Waals surface area contributed by atoms with E-state index in [-0.39, 0.29) is 11.6 Å². The van der Waals surface area contributed by atoms with Crippen molar-refractivity contribution in [3.8, 4) is 11.3 Å². The first-order valence-corrected chi connectivity index (χ1v) is 7.66. The highest BCUT2D eigenvalue weighted by Gasteiger charge is 2.14. The van der Waals surface area contributed by atoms with Gasteiger partial charge in [-0.15, -0.1) is 0 Å². The van der Waals surface area contributed by atoms with E-state index < -0.39 is 0 Å². The molecule has 5 nitrogen and oxygen atoms in total. The number of hydrogen-bond acceptors (Lipinski definition) is 3. The Balaban J connectivity index is 1.48. The van der Waals surface area contributed by atoms with Crippen molar-refractivity contribution in [3.63, 3.8) is 0 Å². The molecule has 2 heterocycles. The number of carbonyl (C=O) groups excluding carboxylic acids is 1. The van der Waals surface area contributed by atoms with Gasteiger partial charge in [-0.3, -0.25) is 4.79 Å². The molecule has 0 radical (unpaired) electrons. The molecule has 0 aliphatic heterocycles.